The molecule has 0 amide bonds. The minimum Gasteiger partial charge on any atom is -0.321 e. The van der Waals surface area contributed by atoms with Gasteiger partial charge in [-0.3, -0.25) is 0 Å². The molecule has 1 nitrogen and oxygen atoms in total. The van der Waals surface area contributed by atoms with E-state index in [9.17, 15) is 0 Å². The number of rotatable bonds is 2. The molecule has 1 heteroatoms. The van der Waals surface area contributed by atoms with Crippen molar-refractivity contribution in [1.82, 2.24) is 0 Å². The molecular weight excluding hydrogens is 230 g/mol. The molecule has 0 heterocycles. The van der Waals surface area contributed by atoms with Crippen molar-refractivity contribution in [2.24, 2.45) is 23.5 Å². The Kier molecular flexibility index (Phi) is 4.06. The molecule has 4 atom stereocenters. The van der Waals surface area contributed by atoms with Gasteiger partial charge in [-0.15, -0.1) is 0 Å². The lowest BCUT2D eigenvalue weighted by Crippen LogP contribution is -2.44. The third-order valence-corrected chi connectivity index (χ3v) is 5.58. The lowest BCUT2D eigenvalue weighted by Gasteiger charge is -2.42. The van der Waals surface area contributed by atoms with Crippen LogP contribution in [0.5, 0.6) is 0 Å². The SMILES string of the molecule is Cc1ccc(C(C)(N)C2CCC(C)C(C)C2)cc1C. The molecule has 106 valence electrons. The molecule has 2 rings (SSSR count). The zero-order valence-corrected chi connectivity index (χ0v) is 13.2. The molecule has 4 unspecified atom stereocenters. The first kappa shape index (κ1) is 14.6. The van der Waals surface area contributed by atoms with Crippen LogP contribution in [-0.2, 0) is 5.54 Å². The Bertz CT molecular complexity index is 447. The van der Waals surface area contributed by atoms with E-state index in [4.69, 9.17) is 5.73 Å². The summed E-state index contributed by atoms with van der Waals surface area (Å²) in [5.74, 6) is 2.26. The van der Waals surface area contributed by atoms with Crippen LogP contribution in [0.2, 0.25) is 0 Å². The fraction of sp³-hybridized carbons (Fsp3) is 0.667. The highest BCUT2D eigenvalue weighted by Crippen LogP contribution is 2.42. The van der Waals surface area contributed by atoms with Gasteiger partial charge in [-0.05, 0) is 68.1 Å². The minimum absolute atomic E-state index is 0.188. The average Bonchev–Trinajstić information content (AvgIpc) is 2.35. The second kappa shape index (κ2) is 5.28. The smallest absolute Gasteiger partial charge is 0.0409 e. The molecular formula is C18H29N. The summed E-state index contributed by atoms with van der Waals surface area (Å²) in [6, 6.07) is 6.73. The van der Waals surface area contributed by atoms with Crippen molar-refractivity contribution in [3.63, 3.8) is 0 Å². The van der Waals surface area contributed by atoms with Gasteiger partial charge in [0.15, 0.2) is 0 Å². The molecule has 0 saturated heterocycles. The lowest BCUT2D eigenvalue weighted by atomic mass is 9.67. The lowest BCUT2D eigenvalue weighted by molar-refractivity contribution is 0.142. The molecule has 0 radical (unpaired) electrons. The molecule has 0 aromatic heterocycles. The summed E-state index contributed by atoms with van der Waals surface area (Å²) >= 11 is 0. The first-order chi connectivity index (χ1) is 8.82. The maximum absolute atomic E-state index is 6.74. The van der Waals surface area contributed by atoms with Crippen LogP contribution in [-0.4, -0.2) is 0 Å². The van der Waals surface area contributed by atoms with Gasteiger partial charge in [0.2, 0.25) is 0 Å². The quantitative estimate of drug-likeness (QED) is 0.828. The first-order valence-corrected chi connectivity index (χ1v) is 7.69. The molecule has 0 bridgehead atoms. The summed E-state index contributed by atoms with van der Waals surface area (Å²) in [5, 5.41) is 0. The Morgan fingerprint density at radius 2 is 1.74 bits per heavy atom. The van der Waals surface area contributed by atoms with Crippen LogP contribution in [0, 0.1) is 31.6 Å². The molecule has 2 N–H and O–H groups in total. The molecule has 1 aliphatic rings. The van der Waals surface area contributed by atoms with E-state index in [1.54, 1.807) is 0 Å². The van der Waals surface area contributed by atoms with Crippen LogP contribution in [0.1, 0.15) is 56.7 Å². The van der Waals surface area contributed by atoms with Gasteiger partial charge in [-0.2, -0.15) is 0 Å². The van der Waals surface area contributed by atoms with Gasteiger partial charge >= 0.3 is 0 Å². The molecule has 1 fully saturated rings. The van der Waals surface area contributed by atoms with Gasteiger partial charge in [0.05, 0.1) is 0 Å². The normalized spacial score (nSPS) is 30.9. The number of hydrogen-bond acceptors (Lipinski definition) is 1. The van der Waals surface area contributed by atoms with E-state index >= 15 is 0 Å². The predicted octanol–water partition coefficient (Wildman–Crippen LogP) is 4.55. The highest BCUT2D eigenvalue weighted by molar-refractivity contribution is 5.34. The predicted molar refractivity (Wildman–Crippen MR) is 83.1 cm³/mol. The summed E-state index contributed by atoms with van der Waals surface area (Å²) in [6.07, 6.45) is 3.86. The van der Waals surface area contributed by atoms with Crippen LogP contribution in [0.3, 0.4) is 0 Å². The topological polar surface area (TPSA) is 26.0 Å². The van der Waals surface area contributed by atoms with Crippen molar-refractivity contribution < 1.29 is 0 Å². The van der Waals surface area contributed by atoms with Crippen LogP contribution in [0.25, 0.3) is 0 Å². The second-order valence-electron chi connectivity index (χ2n) is 7.05. The maximum Gasteiger partial charge on any atom is 0.0409 e. The van der Waals surface area contributed by atoms with E-state index in [2.05, 4.69) is 52.8 Å². The third-order valence-electron chi connectivity index (χ3n) is 5.58. The summed E-state index contributed by atoms with van der Waals surface area (Å²) in [4.78, 5) is 0. The summed E-state index contributed by atoms with van der Waals surface area (Å²) < 4.78 is 0. The van der Waals surface area contributed by atoms with Gasteiger partial charge in [-0.1, -0.05) is 38.5 Å². The Balaban J connectivity index is 2.23. The molecule has 1 aromatic rings. The summed E-state index contributed by atoms with van der Waals surface area (Å²) in [6.45, 7) is 11.3. The number of hydrogen-bond donors (Lipinski definition) is 1. The van der Waals surface area contributed by atoms with Crippen LogP contribution in [0.15, 0.2) is 18.2 Å². The highest BCUT2D eigenvalue weighted by atomic mass is 14.8. The van der Waals surface area contributed by atoms with E-state index in [0.717, 1.165) is 11.8 Å². The highest BCUT2D eigenvalue weighted by Gasteiger charge is 2.36. The Labute approximate surface area is 118 Å². The zero-order chi connectivity index (χ0) is 14.2. The third kappa shape index (κ3) is 2.86. The van der Waals surface area contributed by atoms with E-state index in [-0.39, 0.29) is 5.54 Å². The van der Waals surface area contributed by atoms with Crippen LogP contribution >= 0.6 is 0 Å². The van der Waals surface area contributed by atoms with Crippen molar-refractivity contribution in [2.75, 3.05) is 0 Å². The standard InChI is InChI=1S/C18H29N/c1-12-6-8-16(10-14(12)3)18(5,19)17-9-7-13(2)15(4)11-17/h6,8,10,13,15,17H,7,9,11,19H2,1-5H3. The van der Waals surface area contributed by atoms with Gasteiger partial charge in [0.25, 0.3) is 0 Å². The van der Waals surface area contributed by atoms with Crippen molar-refractivity contribution in [3.05, 3.63) is 34.9 Å². The number of benzene rings is 1. The molecule has 1 aliphatic carbocycles. The van der Waals surface area contributed by atoms with Crippen LogP contribution < -0.4 is 5.73 Å². The maximum atomic E-state index is 6.74. The van der Waals surface area contributed by atoms with Gasteiger partial charge in [-0.25, -0.2) is 0 Å². The van der Waals surface area contributed by atoms with Gasteiger partial charge in [0.1, 0.15) is 0 Å². The summed E-state index contributed by atoms with van der Waals surface area (Å²) in [5.41, 5.74) is 10.6. The second-order valence-corrected chi connectivity index (χ2v) is 7.05. The first-order valence-electron chi connectivity index (χ1n) is 7.69. The number of aryl methyl sites for hydroxylation is 2. The molecule has 1 saturated carbocycles. The van der Waals surface area contributed by atoms with Crippen molar-refractivity contribution >= 4 is 0 Å². The van der Waals surface area contributed by atoms with Crippen molar-refractivity contribution in [1.29, 1.82) is 0 Å². The largest absolute Gasteiger partial charge is 0.321 e. The van der Waals surface area contributed by atoms with Gasteiger partial charge < -0.3 is 5.73 Å². The van der Waals surface area contributed by atoms with E-state index in [0.29, 0.717) is 5.92 Å². The minimum atomic E-state index is -0.188. The fourth-order valence-electron chi connectivity index (χ4n) is 3.40. The summed E-state index contributed by atoms with van der Waals surface area (Å²) in [7, 11) is 0. The Hall–Kier alpha value is -0.820. The monoisotopic (exact) mass is 259 g/mol. The fourth-order valence-corrected chi connectivity index (χ4v) is 3.40. The Morgan fingerprint density at radius 1 is 1.05 bits per heavy atom. The molecule has 0 spiro atoms. The van der Waals surface area contributed by atoms with E-state index in [1.165, 1.54) is 36.0 Å². The van der Waals surface area contributed by atoms with E-state index < -0.39 is 0 Å². The zero-order valence-electron chi connectivity index (χ0n) is 13.2. The molecule has 19 heavy (non-hydrogen) atoms. The number of nitrogens with two attached hydrogens (primary N) is 1. The van der Waals surface area contributed by atoms with Crippen molar-refractivity contribution in [3.8, 4) is 0 Å². The van der Waals surface area contributed by atoms with Gasteiger partial charge in [0, 0.05) is 5.54 Å². The average molecular weight is 259 g/mol. The molecule has 1 aromatic carbocycles. The Morgan fingerprint density at radius 3 is 2.32 bits per heavy atom. The molecule has 0 aliphatic heterocycles. The van der Waals surface area contributed by atoms with E-state index in [1.807, 2.05) is 0 Å². The van der Waals surface area contributed by atoms with Crippen molar-refractivity contribution in [2.45, 2.75) is 59.4 Å². The van der Waals surface area contributed by atoms with Crippen LogP contribution in [0.4, 0.5) is 0 Å².